The van der Waals surface area contributed by atoms with Crippen molar-refractivity contribution >= 4 is 34.8 Å². The first-order chi connectivity index (χ1) is 12.5. The Labute approximate surface area is 155 Å². The molecule has 0 saturated carbocycles. The monoisotopic (exact) mass is 372 g/mol. The van der Waals surface area contributed by atoms with Gasteiger partial charge in [0.15, 0.2) is 0 Å². The maximum absolute atomic E-state index is 12.6. The predicted molar refractivity (Wildman–Crippen MR) is 99.4 cm³/mol. The summed E-state index contributed by atoms with van der Waals surface area (Å²) in [7, 11) is 0. The van der Waals surface area contributed by atoms with Crippen LogP contribution in [0, 0.1) is 0 Å². The number of carboxylic acid groups (broad SMARTS) is 1. The van der Waals surface area contributed by atoms with Crippen LogP contribution in [-0.4, -0.2) is 40.4 Å². The Kier molecular flexibility index (Phi) is 5.68. The van der Waals surface area contributed by atoms with Gasteiger partial charge in [-0.1, -0.05) is 18.2 Å². The largest absolute Gasteiger partial charge is 0.481 e. The molecular weight excluding hydrogens is 352 g/mol. The van der Waals surface area contributed by atoms with E-state index >= 15 is 0 Å². The van der Waals surface area contributed by atoms with Crippen molar-refractivity contribution in [1.29, 1.82) is 0 Å². The van der Waals surface area contributed by atoms with Crippen LogP contribution in [-0.2, 0) is 16.0 Å². The maximum Gasteiger partial charge on any atom is 0.303 e. The standard InChI is InChI=1S/C19H20N2O4S/c22-17(23)10-7-13-5-8-14(9-6-13)20-18(24)15-3-1-11-21(15)19(25)16-4-2-12-26-16/h2,4-6,8-9,12,15H,1,3,7,10-11H2,(H,20,24)(H,22,23). The highest BCUT2D eigenvalue weighted by molar-refractivity contribution is 7.12. The molecule has 0 radical (unpaired) electrons. The molecule has 0 bridgehead atoms. The van der Waals surface area contributed by atoms with Crippen molar-refractivity contribution in [3.63, 3.8) is 0 Å². The van der Waals surface area contributed by atoms with E-state index in [9.17, 15) is 14.4 Å². The minimum atomic E-state index is -0.834. The van der Waals surface area contributed by atoms with Gasteiger partial charge in [-0.2, -0.15) is 0 Å². The van der Waals surface area contributed by atoms with Crippen LogP contribution in [0.25, 0.3) is 0 Å². The average molecular weight is 372 g/mol. The van der Waals surface area contributed by atoms with E-state index in [1.54, 1.807) is 23.1 Å². The lowest BCUT2D eigenvalue weighted by Gasteiger charge is -2.23. The summed E-state index contributed by atoms with van der Waals surface area (Å²) in [5.41, 5.74) is 1.55. The molecule has 2 N–H and O–H groups in total. The molecule has 0 spiro atoms. The fourth-order valence-electron chi connectivity index (χ4n) is 3.06. The number of carbonyl (C=O) groups excluding carboxylic acids is 2. The number of hydrogen-bond donors (Lipinski definition) is 2. The third-order valence-electron chi connectivity index (χ3n) is 4.40. The molecule has 2 aromatic rings. The van der Waals surface area contributed by atoms with Crippen LogP contribution in [0.15, 0.2) is 41.8 Å². The number of hydrogen-bond acceptors (Lipinski definition) is 4. The fraction of sp³-hybridized carbons (Fsp3) is 0.316. The summed E-state index contributed by atoms with van der Waals surface area (Å²) >= 11 is 1.38. The third kappa shape index (κ3) is 4.29. The van der Waals surface area contributed by atoms with E-state index in [1.807, 2.05) is 23.6 Å². The molecule has 1 aliphatic rings. The third-order valence-corrected chi connectivity index (χ3v) is 5.26. The van der Waals surface area contributed by atoms with Crippen molar-refractivity contribution in [2.45, 2.75) is 31.7 Å². The molecule has 1 unspecified atom stereocenters. The van der Waals surface area contributed by atoms with Gasteiger partial charge in [-0.15, -0.1) is 11.3 Å². The van der Waals surface area contributed by atoms with Gasteiger partial charge in [0.2, 0.25) is 5.91 Å². The number of amides is 2. The maximum atomic E-state index is 12.6. The number of aryl methyl sites for hydroxylation is 1. The van der Waals surface area contributed by atoms with Crippen LogP contribution in [0.2, 0.25) is 0 Å². The quantitative estimate of drug-likeness (QED) is 0.816. The number of carboxylic acids is 1. The molecule has 26 heavy (non-hydrogen) atoms. The van der Waals surface area contributed by atoms with Crippen molar-refractivity contribution in [2.24, 2.45) is 0 Å². The Morgan fingerprint density at radius 2 is 1.96 bits per heavy atom. The molecule has 1 saturated heterocycles. The van der Waals surface area contributed by atoms with Crippen LogP contribution in [0.1, 0.15) is 34.5 Å². The molecule has 136 valence electrons. The molecular formula is C19H20N2O4S. The average Bonchev–Trinajstić information content (AvgIpc) is 3.32. The molecule has 7 heteroatoms. The molecule has 1 aromatic carbocycles. The second-order valence-corrected chi connectivity index (χ2v) is 7.16. The summed E-state index contributed by atoms with van der Waals surface area (Å²) in [4.78, 5) is 38.1. The molecule has 1 atom stereocenters. The van der Waals surface area contributed by atoms with E-state index < -0.39 is 12.0 Å². The first-order valence-electron chi connectivity index (χ1n) is 8.50. The van der Waals surface area contributed by atoms with E-state index in [1.165, 1.54) is 11.3 Å². The van der Waals surface area contributed by atoms with Crippen molar-refractivity contribution in [2.75, 3.05) is 11.9 Å². The zero-order valence-electron chi connectivity index (χ0n) is 14.2. The summed E-state index contributed by atoms with van der Waals surface area (Å²) in [6.45, 7) is 0.586. The molecule has 2 heterocycles. The van der Waals surface area contributed by atoms with E-state index in [0.29, 0.717) is 30.0 Å². The van der Waals surface area contributed by atoms with Gasteiger partial charge >= 0.3 is 5.97 Å². The molecule has 3 rings (SSSR count). The van der Waals surface area contributed by atoms with Crippen LogP contribution in [0.3, 0.4) is 0 Å². The van der Waals surface area contributed by atoms with E-state index in [2.05, 4.69) is 5.32 Å². The van der Waals surface area contributed by atoms with E-state index in [0.717, 1.165) is 12.0 Å². The van der Waals surface area contributed by atoms with Gasteiger partial charge in [0.25, 0.3) is 5.91 Å². The van der Waals surface area contributed by atoms with Crippen LogP contribution in [0.4, 0.5) is 5.69 Å². The van der Waals surface area contributed by atoms with E-state index in [4.69, 9.17) is 5.11 Å². The summed E-state index contributed by atoms with van der Waals surface area (Å²) in [6.07, 6.45) is 1.99. The SMILES string of the molecule is O=C(O)CCc1ccc(NC(=O)C2CCCN2C(=O)c2cccs2)cc1. The van der Waals surface area contributed by atoms with Crippen LogP contribution in [0.5, 0.6) is 0 Å². The van der Waals surface area contributed by atoms with Gasteiger partial charge in [-0.25, -0.2) is 0 Å². The summed E-state index contributed by atoms with van der Waals surface area (Å²) in [5, 5.41) is 13.4. The predicted octanol–water partition coefficient (Wildman–Crippen LogP) is 3.01. The second kappa shape index (κ2) is 8.14. The van der Waals surface area contributed by atoms with Gasteiger partial charge in [0.05, 0.1) is 4.88 Å². The number of anilines is 1. The summed E-state index contributed by atoms with van der Waals surface area (Å²) < 4.78 is 0. The minimum Gasteiger partial charge on any atom is -0.481 e. The molecule has 0 aliphatic carbocycles. The van der Waals surface area contributed by atoms with Crippen molar-refractivity contribution < 1.29 is 19.5 Å². The summed E-state index contributed by atoms with van der Waals surface area (Å²) in [6, 6.07) is 10.3. The highest BCUT2D eigenvalue weighted by Crippen LogP contribution is 2.23. The Morgan fingerprint density at radius 3 is 2.62 bits per heavy atom. The lowest BCUT2D eigenvalue weighted by molar-refractivity contribution is -0.137. The number of nitrogens with one attached hydrogen (secondary N) is 1. The second-order valence-electron chi connectivity index (χ2n) is 6.21. The number of aliphatic carboxylic acids is 1. The van der Waals surface area contributed by atoms with Crippen LogP contribution < -0.4 is 5.32 Å². The highest BCUT2D eigenvalue weighted by Gasteiger charge is 2.34. The fourth-order valence-corrected chi connectivity index (χ4v) is 3.73. The Bertz CT molecular complexity index is 786. The van der Waals surface area contributed by atoms with Crippen molar-refractivity contribution in [1.82, 2.24) is 4.90 Å². The van der Waals surface area contributed by atoms with Gasteiger partial charge in [-0.05, 0) is 48.4 Å². The zero-order valence-corrected chi connectivity index (χ0v) is 15.0. The number of nitrogens with zero attached hydrogens (tertiary/aromatic N) is 1. The number of thiophene rings is 1. The first kappa shape index (κ1) is 18.1. The normalized spacial score (nSPS) is 16.5. The lowest BCUT2D eigenvalue weighted by Crippen LogP contribution is -2.42. The van der Waals surface area contributed by atoms with Gasteiger partial charge in [0.1, 0.15) is 6.04 Å². The number of likely N-dealkylation sites (tertiary alicyclic amines) is 1. The van der Waals surface area contributed by atoms with Gasteiger partial charge < -0.3 is 15.3 Å². The molecule has 1 aromatic heterocycles. The first-order valence-corrected chi connectivity index (χ1v) is 9.38. The van der Waals surface area contributed by atoms with E-state index in [-0.39, 0.29) is 18.2 Å². The highest BCUT2D eigenvalue weighted by atomic mass is 32.1. The Hall–Kier alpha value is -2.67. The molecule has 2 amide bonds. The van der Waals surface area contributed by atoms with Crippen LogP contribution >= 0.6 is 11.3 Å². The molecule has 1 fully saturated rings. The topological polar surface area (TPSA) is 86.7 Å². The Morgan fingerprint density at radius 1 is 1.19 bits per heavy atom. The van der Waals surface area contributed by atoms with Crippen molar-refractivity contribution in [3.05, 3.63) is 52.2 Å². The lowest BCUT2D eigenvalue weighted by atomic mass is 10.1. The molecule has 6 nitrogen and oxygen atoms in total. The summed E-state index contributed by atoms with van der Waals surface area (Å²) in [5.74, 6) is -1.12. The number of benzene rings is 1. The zero-order chi connectivity index (χ0) is 18.5. The molecule has 1 aliphatic heterocycles. The van der Waals surface area contributed by atoms with Gasteiger partial charge in [-0.3, -0.25) is 14.4 Å². The van der Waals surface area contributed by atoms with Crippen molar-refractivity contribution in [3.8, 4) is 0 Å². The van der Waals surface area contributed by atoms with Gasteiger partial charge in [0, 0.05) is 18.7 Å². The minimum absolute atomic E-state index is 0.0770. The number of carbonyl (C=O) groups is 3. The number of rotatable bonds is 6. The Balaban J connectivity index is 1.61. The smallest absolute Gasteiger partial charge is 0.303 e.